The lowest BCUT2D eigenvalue weighted by Gasteiger charge is -2.16. The number of hydrogen-bond acceptors (Lipinski definition) is 2. The van der Waals surface area contributed by atoms with E-state index in [4.69, 9.17) is 4.74 Å². The summed E-state index contributed by atoms with van der Waals surface area (Å²) in [6, 6.07) is 9.94. The Morgan fingerprint density at radius 1 is 0.870 bits per heavy atom. The Kier molecular flexibility index (Phi) is 11.3. The number of ether oxygens (including phenoxy) is 1. The third-order valence-electron chi connectivity index (χ3n) is 4.37. The average Bonchev–Trinajstić information content (AvgIpc) is 2.59. The van der Waals surface area contributed by atoms with Gasteiger partial charge in [-0.25, -0.2) is 0 Å². The first-order valence-corrected chi connectivity index (χ1v) is 9.48. The van der Waals surface area contributed by atoms with Crippen molar-refractivity contribution in [2.24, 2.45) is 5.92 Å². The monoisotopic (exact) mass is 318 g/mol. The van der Waals surface area contributed by atoms with Crippen LogP contribution in [0.2, 0.25) is 0 Å². The summed E-state index contributed by atoms with van der Waals surface area (Å²) in [6.07, 6.45) is 11.8. The molecule has 1 aromatic carbocycles. The Balaban J connectivity index is 2.31. The molecule has 0 saturated carbocycles. The Morgan fingerprint density at radius 2 is 1.48 bits per heavy atom. The van der Waals surface area contributed by atoms with Crippen molar-refractivity contribution in [2.75, 3.05) is 0 Å². The fourth-order valence-electron chi connectivity index (χ4n) is 2.85. The van der Waals surface area contributed by atoms with E-state index in [1.165, 1.54) is 32.1 Å². The van der Waals surface area contributed by atoms with Gasteiger partial charge < -0.3 is 4.74 Å². The number of carbonyl (C=O) groups is 1. The molecule has 0 saturated heterocycles. The molecule has 0 aliphatic carbocycles. The number of carbonyl (C=O) groups excluding carboxylic acids is 1. The molecule has 1 rings (SSSR count). The van der Waals surface area contributed by atoms with Crippen LogP contribution in [0.1, 0.15) is 83.6 Å². The zero-order chi connectivity index (χ0) is 16.8. The first kappa shape index (κ1) is 19.7. The predicted molar refractivity (Wildman–Crippen MR) is 97.2 cm³/mol. The predicted octanol–water partition coefficient (Wildman–Crippen LogP) is 6.29. The lowest BCUT2D eigenvalue weighted by Crippen LogP contribution is -2.18. The van der Waals surface area contributed by atoms with E-state index in [-0.39, 0.29) is 11.9 Å². The number of esters is 1. The summed E-state index contributed by atoms with van der Waals surface area (Å²) < 4.78 is 5.54. The van der Waals surface area contributed by atoms with Crippen LogP contribution in [0.5, 0.6) is 0 Å². The third kappa shape index (κ3) is 9.43. The molecule has 0 radical (unpaired) electrons. The van der Waals surface area contributed by atoms with Crippen LogP contribution in [0.15, 0.2) is 30.3 Å². The van der Waals surface area contributed by atoms with E-state index in [2.05, 4.69) is 13.8 Å². The summed E-state index contributed by atoms with van der Waals surface area (Å²) in [5, 5.41) is 0. The number of rotatable bonds is 13. The van der Waals surface area contributed by atoms with Gasteiger partial charge in [0, 0.05) is 0 Å². The average molecular weight is 319 g/mol. The van der Waals surface area contributed by atoms with E-state index in [9.17, 15) is 4.79 Å². The van der Waals surface area contributed by atoms with Gasteiger partial charge in [0.2, 0.25) is 0 Å². The molecule has 130 valence electrons. The van der Waals surface area contributed by atoms with Crippen molar-refractivity contribution in [3.8, 4) is 0 Å². The molecule has 23 heavy (non-hydrogen) atoms. The number of benzene rings is 1. The van der Waals surface area contributed by atoms with Crippen LogP contribution in [-0.4, -0.2) is 5.97 Å². The van der Waals surface area contributed by atoms with Gasteiger partial charge in [-0.05, 0) is 18.4 Å². The highest BCUT2D eigenvalue weighted by atomic mass is 16.5. The fourth-order valence-corrected chi connectivity index (χ4v) is 2.85. The Morgan fingerprint density at radius 3 is 2.17 bits per heavy atom. The summed E-state index contributed by atoms with van der Waals surface area (Å²) in [4.78, 5) is 12.4. The molecule has 0 aliphatic rings. The van der Waals surface area contributed by atoms with Crippen molar-refractivity contribution in [3.63, 3.8) is 0 Å². The molecule has 0 spiro atoms. The van der Waals surface area contributed by atoms with Crippen LogP contribution < -0.4 is 0 Å². The van der Waals surface area contributed by atoms with E-state index < -0.39 is 0 Å². The van der Waals surface area contributed by atoms with E-state index in [1.54, 1.807) is 0 Å². The molecule has 0 N–H and O–H groups in total. The van der Waals surface area contributed by atoms with Gasteiger partial charge in [0.1, 0.15) is 6.61 Å². The SMILES string of the molecule is CCCCCCCCC(CCCC)C(=O)OCc1ccccc1. The molecule has 1 atom stereocenters. The van der Waals surface area contributed by atoms with Gasteiger partial charge in [-0.15, -0.1) is 0 Å². The third-order valence-corrected chi connectivity index (χ3v) is 4.37. The zero-order valence-electron chi connectivity index (χ0n) is 15.1. The minimum atomic E-state index is -0.00383. The van der Waals surface area contributed by atoms with Gasteiger partial charge in [0.15, 0.2) is 0 Å². The van der Waals surface area contributed by atoms with Crippen LogP contribution in [0, 0.1) is 5.92 Å². The fraction of sp³-hybridized carbons (Fsp3) is 0.667. The molecule has 1 unspecified atom stereocenters. The number of unbranched alkanes of at least 4 members (excludes halogenated alkanes) is 6. The summed E-state index contributed by atoms with van der Waals surface area (Å²) >= 11 is 0. The molecule has 0 amide bonds. The molecular formula is C21H34O2. The van der Waals surface area contributed by atoms with Gasteiger partial charge in [-0.2, -0.15) is 0 Å². The van der Waals surface area contributed by atoms with Crippen molar-refractivity contribution in [1.82, 2.24) is 0 Å². The molecule has 0 aromatic heterocycles. The molecule has 0 fully saturated rings. The standard InChI is InChI=1S/C21H34O2/c1-3-5-7-8-9-13-17-20(16-6-4-2)21(22)23-18-19-14-11-10-12-15-19/h10-12,14-15,20H,3-9,13,16-18H2,1-2H3. The van der Waals surface area contributed by atoms with E-state index in [0.717, 1.165) is 37.7 Å². The lowest BCUT2D eigenvalue weighted by molar-refractivity contribution is -0.150. The smallest absolute Gasteiger partial charge is 0.309 e. The Labute approximate surface area is 142 Å². The molecule has 2 heteroatoms. The highest BCUT2D eigenvalue weighted by molar-refractivity contribution is 5.72. The molecule has 1 aromatic rings. The summed E-state index contributed by atoms with van der Waals surface area (Å²) in [5.41, 5.74) is 1.06. The van der Waals surface area contributed by atoms with Gasteiger partial charge in [0.05, 0.1) is 5.92 Å². The van der Waals surface area contributed by atoms with Crippen LogP contribution in [0.25, 0.3) is 0 Å². The van der Waals surface area contributed by atoms with Crippen molar-refractivity contribution < 1.29 is 9.53 Å². The van der Waals surface area contributed by atoms with Crippen molar-refractivity contribution >= 4 is 5.97 Å². The zero-order valence-corrected chi connectivity index (χ0v) is 15.1. The van der Waals surface area contributed by atoms with Crippen LogP contribution in [0.3, 0.4) is 0 Å². The first-order valence-electron chi connectivity index (χ1n) is 9.48. The molecular weight excluding hydrogens is 284 g/mol. The maximum absolute atomic E-state index is 12.4. The van der Waals surface area contributed by atoms with Gasteiger partial charge >= 0.3 is 5.97 Å². The summed E-state index contributed by atoms with van der Waals surface area (Å²) in [7, 11) is 0. The molecule has 0 heterocycles. The second-order valence-electron chi connectivity index (χ2n) is 6.49. The first-order chi connectivity index (χ1) is 11.3. The molecule has 0 aliphatic heterocycles. The van der Waals surface area contributed by atoms with E-state index in [0.29, 0.717) is 6.61 Å². The normalized spacial score (nSPS) is 12.1. The highest BCUT2D eigenvalue weighted by Crippen LogP contribution is 2.20. The van der Waals surface area contributed by atoms with Gasteiger partial charge in [-0.1, -0.05) is 95.5 Å². The van der Waals surface area contributed by atoms with Crippen molar-refractivity contribution in [3.05, 3.63) is 35.9 Å². The summed E-state index contributed by atoms with van der Waals surface area (Å²) in [6.45, 7) is 4.82. The van der Waals surface area contributed by atoms with Crippen LogP contribution in [-0.2, 0) is 16.1 Å². The maximum atomic E-state index is 12.4. The maximum Gasteiger partial charge on any atom is 0.309 e. The second kappa shape index (κ2) is 13.2. The van der Waals surface area contributed by atoms with E-state index >= 15 is 0 Å². The lowest BCUT2D eigenvalue weighted by atomic mass is 9.95. The van der Waals surface area contributed by atoms with Crippen LogP contribution in [0.4, 0.5) is 0 Å². The number of hydrogen-bond donors (Lipinski definition) is 0. The van der Waals surface area contributed by atoms with E-state index in [1.807, 2.05) is 30.3 Å². The second-order valence-corrected chi connectivity index (χ2v) is 6.49. The minimum absolute atomic E-state index is 0.00383. The van der Waals surface area contributed by atoms with Crippen molar-refractivity contribution in [2.45, 2.75) is 84.7 Å². The van der Waals surface area contributed by atoms with Gasteiger partial charge in [-0.3, -0.25) is 4.79 Å². The Bertz CT molecular complexity index is 400. The Hall–Kier alpha value is -1.31. The molecule has 0 bridgehead atoms. The topological polar surface area (TPSA) is 26.3 Å². The molecule has 2 nitrogen and oxygen atoms in total. The quantitative estimate of drug-likeness (QED) is 0.316. The summed E-state index contributed by atoms with van der Waals surface area (Å²) in [5.74, 6) is 0.0840. The van der Waals surface area contributed by atoms with Crippen molar-refractivity contribution in [1.29, 1.82) is 0 Å². The largest absolute Gasteiger partial charge is 0.461 e. The van der Waals surface area contributed by atoms with Crippen LogP contribution >= 0.6 is 0 Å². The minimum Gasteiger partial charge on any atom is -0.461 e. The van der Waals surface area contributed by atoms with Gasteiger partial charge in [0.25, 0.3) is 0 Å². The highest BCUT2D eigenvalue weighted by Gasteiger charge is 2.19.